The first kappa shape index (κ1) is 15.1. The van der Waals surface area contributed by atoms with Crippen LogP contribution < -0.4 is 10.6 Å². The van der Waals surface area contributed by atoms with E-state index in [0.717, 1.165) is 50.2 Å². The minimum absolute atomic E-state index is 0.545. The van der Waals surface area contributed by atoms with Crippen molar-refractivity contribution < 1.29 is 5.11 Å². The van der Waals surface area contributed by atoms with Crippen molar-refractivity contribution in [1.82, 2.24) is 4.98 Å². The molecule has 0 aromatic carbocycles. The smallest absolute Gasteiger partial charge is 0.127 e. The van der Waals surface area contributed by atoms with Crippen LogP contribution in [0.15, 0.2) is 18.3 Å². The number of pyridine rings is 1. The standard InChI is InChI=1S/C16H27N3O/c1-2-10-17-15-12-14(7-11-18-15)19-13-16(20)8-5-3-4-6-9-16/h7,11-12,20H,2-6,8-10,13H2,1H3,(H2,17,18,19). The van der Waals surface area contributed by atoms with Gasteiger partial charge in [-0.1, -0.05) is 32.6 Å². The van der Waals surface area contributed by atoms with Gasteiger partial charge in [-0.2, -0.15) is 0 Å². The minimum Gasteiger partial charge on any atom is -0.388 e. The van der Waals surface area contributed by atoms with E-state index in [1.165, 1.54) is 12.8 Å². The Morgan fingerprint density at radius 2 is 1.95 bits per heavy atom. The van der Waals surface area contributed by atoms with E-state index in [4.69, 9.17) is 0 Å². The van der Waals surface area contributed by atoms with Gasteiger partial charge in [-0.25, -0.2) is 4.98 Å². The summed E-state index contributed by atoms with van der Waals surface area (Å²) >= 11 is 0. The largest absolute Gasteiger partial charge is 0.388 e. The summed E-state index contributed by atoms with van der Waals surface area (Å²) < 4.78 is 0. The fourth-order valence-electron chi connectivity index (χ4n) is 2.72. The lowest BCUT2D eigenvalue weighted by atomic mass is 9.94. The van der Waals surface area contributed by atoms with Crippen molar-refractivity contribution >= 4 is 11.5 Å². The van der Waals surface area contributed by atoms with Crippen LogP contribution in [0.1, 0.15) is 51.9 Å². The zero-order valence-electron chi connectivity index (χ0n) is 12.5. The van der Waals surface area contributed by atoms with Gasteiger partial charge in [0.25, 0.3) is 0 Å². The van der Waals surface area contributed by atoms with Crippen LogP contribution in [0.3, 0.4) is 0 Å². The fourth-order valence-corrected chi connectivity index (χ4v) is 2.72. The number of anilines is 2. The van der Waals surface area contributed by atoms with Gasteiger partial charge < -0.3 is 15.7 Å². The van der Waals surface area contributed by atoms with Crippen LogP contribution in [0.2, 0.25) is 0 Å². The monoisotopic (exact) mass is 277 g/mol. The van der Waals surface area contributed by atoms with Crippen molar-refractivity contribution in [1.29, 1.82) is 0 Å². The molecule has 1 saturated carbocycles. The molecule has 0 unspecified atom stereocenters. The predicted molar refractivity (Wildman–Crippen MR) is 84.2 cm³/mol. The lowest BCUT2D eigenvalue weighted by Gasteiger charge is -2.27. The van der Waals surface area contributed by atoms with E-state index in [9.17, 15) is 5.11 Å². The molecule has 1 heterocycles. The Bertz CT molecular complexity index is 400. The highest BCUT2D eigenvalue weighted by molar-refractivity contribution is 5.52. The van der Waals surface area contributed by atoms with Gasteiger partial charge in [0.2, 0.25) is 0 Å². The van der Waals surface area contributed by atoms with E-state index in [0.29, 0.717) is 6.54 Å². The highest BCUT2D eigenvalue weighted by Crippen LogP contribution is 2.27. The Hall–Kier alpha value is -1.29. The van der Waals surface area contributed by atoms with E-state index in [1.54, 1.807) is 6.20 Å². The number of rotatable bonds is 6. The van der Waals surface area contributed by atoms with Gasteiger partial charge in [0.1, 0.15) is 5.82 Å². The van der Waals surface area contributed by atoms with E-state index < -0.39 is 5.60 Å². The van der Waals surface area contributed by atoms with Gasteiger partial charge in [-0.05, 0) is 25.3 Å². The summed E-state index contributed by atoms with van der Waals surface area (Å²) in [5.74, 6) is 0.893. The third-order valence-electron chi connectivity index (χ3n) is 3.97. The fraction of sp³-hybridized carbons (Fsp3) is 0.688. The third-order valence-corrected chi connectivity index (χ3v) is 3.97. The van der Waals surface area contributed by atoms with Crippen LogP contribution in [0.25, 0.3) is 0 Å². The van der Waals surface area contributed by atoms with E-state index in [1.807, 2.05) is 12.1 Å². The highest BCUT2D eigenvalue weighted by atomic mass is 16.3. The number of nitrogens with one attached hydrogen (secondary N) is 2. The molecule has 1 aromatic rings. The molecule has 1 fully saturated rings. The summed E-state index contributed by atoms with van der Waals surface area (Å²) in [7, 11) is 0. The van der Waals surface area contributed by atoms with Crippen LogP contribution >= 0.6 is 0 Å². The molecule has 0 saturated heterocycles. The molecule has 112 valence electrons. The quantitative estimate of drug-likeness (QED) is 0.698. The summed E-state index contributed by atoms with van der Waals surface area (Å²) in [5, 5.41) is 17.3. The van der Waals surface area contributed by atoms with E-state index in [2.05, 4.69) is 22.5 Å². The molecular formula is C16H27N3O. The van der Waals surface area contributed by atoms with Gasteiger partial charge in [0.15, 0.2) is 0 Å². The summed E-state index contributed by atoms with van der Waals surface area (Å²) in [5.41, 5.74) is 0.479. The number of hydrogen-bond acceptors (Lipinski definition) is 4. The first-order valence-corrected chi connectivity index (χ1v) is 7.88. The molecule has 1 aromatic heterocycles. The molecule has 0 atom stereocenters. The van der Waals surface area contributed by atoms with Gasteiger partial charge >= 0.3 is 0 Å². The molecule has 1 aliphatic rings. The summed E-state index contributed by atoms with van der Waals surface area (Å²) in [6, 6.07) is 3.97. The molecule has 2 rings (SSSR count). The molecule has 4 nitrogen and oxygen atoms in total. The van der Waals surface area contributed by atoms with E-state index in [-0.39, 0.29) is 0 Å². The molecule has 0 radical (unpaired) electrons. The molecule has 0 amide bonds. The van der Waals surface area contributed by atoms with Crippen molar-refractivity contribution in [3.05, 3.63) is 18.3 Å². The SMILES string of the molecule is CCCNc1cc(NCC2(O)CCCCCC2)ccn1. The maximum Gasteiger partial charge on any atom is 0.127 e. The zero-order chi connectivity index (χ0) is 14.3. The molecule has 0 bridgehead atoms. The molecule has 0 spiro atoms. The molecule has 0 aliphatic heterocycles. The molecule has 20 heavy (non-hydrogen) atoms. The van der Waals surface area contributed by atoms with Crippen LogP contribution in [0, 0.1) is 0 Å². The highest BCUT2D eigenvalue weighted by Gasteiger charge is 2.27. The van der Waals surface area contributed by atoms with Gasteiger partial charge in [-0.15, -0.1) is 0 Å². The molecule has 4 heteroatoms. The maximum absolute atomic E-state index is 10.6. The number of aliphatic hydroxyl groups is 1. The lowest BCUT2D eigenvalue weighted by molar-refractivity contribution is 0.0381. The topological polar surface area (TPSA) is 57.2 Å². The van der Waals surface area contributed by atoms with Gasteiger partial charge in [0, 0.05) is 31.0 Å². The maximum atomic E-state index is 10.6. The summed E-state index contributed by atoms with van der Waals surface area (Å²) in [6.45, 7) is 3.70. The van der Waals surface area contributed by atoms with Crippen molar-refractivity contribution in [3.8, 4) is 0 Å². The van der Waals surface area contributed by atoms with Crippen molar-refractivity contribution in [2.24, 2.45) is 0 Å². The normalized spacial score (nSPS) is 18.3. The Kier molecular flexibility index (Phi) is 5.65. The number of aromatic nitrogens is 1. The second kappa shape index (κ2) is 7.48. The number of nitrogens with zero attached hydrogens (tertiary/aromatic N) is 1. The van der Waals surface area contributed by atoms with Crippen LogP contribution in [0.5, 0.6) is 0 Å². The second-order valence-electron chi connectivity index (χ2n) is 5.85. The number of hydrogen-bond donors (Lipinski definition) is 3. The molecular weight excluding hydrogens is 250 g/mol. The molecule has 3 N–H and O–H groups in total. The Balaban J connectivity index is 1.89. The third kappa shape index (κ3) is 4.67. The second-order valence-corrected chi connectivity index (χ2v) is 5.85. The van der Waals surface area contributed by atoms with E-state index >= 15 is 0 Å². The predicted octanol–water partition coefficient (Wildman–Crippen LogP) is 3.40. The van der Waals surface area contributed by atoms with Crippen molar-refractivity contribution in [2.45, 2.75) is 57.5 Å². The van der Waals surface area contributed by atoms with Crippen LogP contribution in [-0.4, -0.2) is 28.8 Å². The van der Waals surface area contributed by atoms with Gasteiger partial charge in [0.05, 0.1) is 5.60 Å². The Morgan fingerprint density at radius 1 is 1.20 bits per heavy atom. The Morgan fingerprint density at radius 3 is 2.65 bits per heavy atom. The lowest BCUT2D eigenvalue weighted by Crippen LogP contribution is -2.36. The average molecular weight is 277 g/mol. The average Bonchev–Trinajstić information content (AvgIpc) is 2.69. The molecule has 1 aliphatic carbocycles. The summed E-state index contributed by atoms with van der Waals surface area (Å²) in [6.07, 6.45) is 9.48. The van der Waals surface area contributed by atoms with Crippen LogP contribution in [-0.2, 0) is 0 Å². The van der Waals surface area contributed by atoms with Crippen molar-refractivity contribution in [3.63, 3.8) is 0 Å². The van der Waals surface area contributed by atoms with Gasteiger partial charge in [-0.3, -0.25) is 0 Å². The first-order valence-electron chi connectivity index (χ1n) is 7.88. The summed E-state index contributed by atoms with van der Waals surface area (Å²) in [4.78, 5) is 4.29. The van der Waals surface area contributed by atoms with Crippen LogP contribution in [0.4, 0.5) is 11.5 Å². The minimum atomic E-state index is -0.545. The first-order chi connectivity index (χ1) is 9.72. The van der Waals surface area contributed by atoms with Crippen molar-refractivity contribution in [2.75, 3.05) is 23.7 Å². The Labute approximate surface area is 122 Å². The zero-order valence-corrected chi connectivity index (χ0v) is 12.5.